The van der Waals surface area contributed by atoms with Gasteiger partial charge in [-0.25, -0.2) is 13.1 Å². The van der Waals surface area contributed by atoms with Gasteiger partial charge in [-0.1, -0.05) is 13.0 Å². The van der Waals surface area contributed by atoms with Gasteiger partial charge in [0.15, 0.2) is 0 Å². The zero-order valence-corrected chi connectivity index (χ0v) is 15.9. The fourth-order valence-corrected chi connectivity index (χ4v) is 4.49. The molecular formula is C15H17BrN2O3S2. The summed E-state index contributed by atoms with van der Waals surface area (Å²) < 4.78 is 27.5. The smallest absolute Gasteiger partial charge is 0.251 e. The van der Waals surface area contributed by atoms with Crippen LogP contribution in [0.15, 0.2) is 39.0 Å². The van der Waals surface area contributed by atoms with Gasteiger partial charge in [0.25, 0.3) is 5.91 Å². The number of aryl methyl sites for hydroxylation is 1. The first-order valence-corrected chi connectivity index (χ1v) is 10.1. The zero-order chi connectivity index (χ0) is 17.0. The van der Waals surface area contributed by atoms with E-state index in [0.29, 0.717) is 18.7 Å². The van der Waals surface area contributed by atoms with Crippen LogP contribution in [0.25, 0.3) is 0 Å². The van der Waals surface area contributed by atoms with E-state index in [1.54, 1.807) is 19.9 Å². The van der Waals surface area contributed by atoms with Crippen LogP contribution in [-0.2, 0) is 16.6 Å². The van der Waals surface area contributed by atoms with Crippen LogP contribution in [0, 0.1) is 6.92 Å². The van der Waals surface area contributed by atoms with Crippen LogP contribution < -0.4 is 10.0 Å². The predicted molar refractivity (Wildman–Crippen MR) is 95.2 cm³/mol. The van der Waals surface area contributed by atoms with E-state index in [1.807, 2.05) is 12.1 Å². The van der Waals surface area contributed by atoms with E-state index in [1.165, 1.54) is 23.5 Å². The Balaban J connectivity index is 2.19. The third kappa shape index (κ3) is 4.63. The minimum absolute atomic E-state index is 0.0916. The van der Waals surface area contributed by atoms with E-state index in [2.05, 4.69) is 26.0 Å². The second kappa shape index (κ2) is 7.57. The van der Waals surface area contributed by atoms with Crippen molar-refractivity contribution in [3.8, 4) is 0 Å². The van der Waals surface area contributed by atoms with E-state index in [4.69, 9.17) is 0 Å². The van der Waals surface area contributed by atoms with E-state index < -0.39 is 10.0 Å². The Morgan fingerprint density at radius 1 is 1.26 bits per heavy atom. The molecule has 0 aliphatic rings. The van der Waals surface area contributed by atoms with Crippen molar-refractivity contribution in [2.45, 2.75) is 25.3 Å². The summed E-state index contributed by atoms with van der Waals surface area (Å²) >= 11 is 4.91. The van der Waals surface area contributed by atoms with Crippen molar-refractivity contribution >= 4 is 43.2 Å². The van der Waals surface area contributed by atoms with Gasteiger partial charge >= 0.3 is 0 Å². The molecule has 5 nitrogen and oxygen atoms in total. The molecule has 1 aromatic carbocycles. The van der Waals surface area contributed by atoms with Crippen LogP contribution in [0.3, 0.4) is 0 Å². The third-order valence-corrected chi connectivity index (χ3v) is 6.32. The zero-order valence-electron chi connectivity index (χ0n) is 12.7. The van der Waals surface area contributed by atoms with Crippen molar-refractivity contribution in [2.75, 3.05) is 6.54 Å². The molecule has 0 saturated carbocycles. The van der Waals surface area contributed by atoms with Gasteiger partial charge in [-0.05, 0) is 52.7 Å². The Morgan fingerprint density at radius 2 is 2.00 bits per heavy atom. The number of carbonyl (C=O) groups is 1. The number of hydrogen-bond acceptors (Lipinski definition) is 4. The van der Waals surface area contributed by atoms with Crippen LogP contribution in [0.5, 0.6) is 0 Å². The molecule has 8 heteroatoms. The van der Waals surface area contributed by atoms with E-state index in [-0.39, 0.29) is 10.8 Å². The Morgan fingerprint density at radius 3 is 2.61 bits per heavy atom. The minimum Gasteiger partial charge on any atom is -0.347 e. The summed E-state index contributed by atoms with van der Waals surface area (Å²) in [6.07, 6.45) is 0. The van der Waals surface area contributed by atoms with Gasteiger partial charge in [0.2, 0.25) is 10.0 Å². The summed E-state index contributed by atoms with van der Waals surface area (Å²) in [6, 6.07) is 8.39. The molecule has 0 aliphatic carbocycles. The first kappa shape index (κ1) is 18.1. The Kier molecular flexibility index (Phi) is 5.96. The average Bonchev–Trinajstić information content (AvgIpc) is 2.90. The first-order valence-electron chi connectivity index (χ1n) is 6.96. The third-order valence-electron chi connectivity index (χ3n) is 3.15. The highest BCUT2D eigenvalue weighted by molar-refractivity contribution is 9.11. The number of nitrogens with one attached hydrogen (secondary N) is 2. The standard InChI is InChI=1S/C15H17BrN2O3S2/c1-3-18-23(20,21)12-6-4-10(2)13(8-12)15(19)17-9-11-5-7-14(16)22-11/h4-8,18H,3,9H2,1-2H3,(H,17,19). The van der Waals surface area contributed by atoms with Crippen molar-refractivity contribution in [2.24, 2.45) is 0 Å². The topological polar surface area (TPSA) is 75.3 Å². The number of hydrogen-bond donors (Lipinski definition) is 2. The van der Waals surface area contributed by atoms with Gasteiger partial charge in [0, 0.05) is 17.0 Å². The molecule has 1 heterocycles. The average molecular weight is 417 g/mol. The molecule has 0 bridgehead atoms. The van der Waals surface area contributed by atoms with Crippen LogP contribution in [0.2, 0.25) is 0 Å². The maximum Gasteiger partial charge on any atom is 0.251 e. The van der Waals surface area contributed by atoms with Gasteiger partial charge in [0.1, 0.15) is 0 Å². The van der Waals surface area contributed by atoms with Crippen LogP contribution in [-0.4, -0.2) is 20.9 Å². The minimum atomic E-state index is -3.58. The van der Waals surface area contributed by atoms with Gasteiger partial charge in [-0.15, -0.1) is 11.3 Å². The molecule has 0 aliphatic heterocycles. The van der Waals surface area contributed by atoms with E-state index >= 15 is 0 Å². The summed E-state index contributed by atoms with van der Waals surface area (Å²) in [5.74, 6) is -0.291. The molecule has 23 heavy (non-hydrogen) atoms. The number of halogens is 1. The highest BCUT2D eigenvalue weighted by atomic mass is 79.9. The lowest BCUT2D eigenvalue weighted by molar-refractivity contribution is 0.0950. The Hall–Kier alpha value is -1.22. The summed E-state index contributed by atoms with van der Waals surface area (Å²) in [5.41, 5.74) is 1.09. The molecule has 2 aromatic rings. The fourth-order valence-electron chi connectivity index (χ4n) is 2.00. The van der Waals surface area contributed by atoms with Gasteiger partial charge in [-0.3, -0.25) is 4.79 Å². The Labute approximate surface area is 148 Å². The number of carbonyl (C=O) groups excluding carboxylic acids is 1. The van der Waals surface area contributed by atoms with Crippen molar-refractivity contribution < 1.29 is 13.2 Å². The van der Waals surface area contributed by atoms with E-state index in [0.717, 1.165) is 14.2 Å². The molecule has 0 unspecified atom stereocenters. The quantitative estimate of drug-likeness (QED) is 0.759. The lowest BCUT2D eigenvalue weighted by Gasteiger charge is -2.10. The molecule has 1 amide bonds. The van der Waals surface area contributed by atoms with E-state index in [9.17, 15) is 13.2 Å². The van der Waals surface area contributed by atoms with Crippen LogP contribution in [0.4, 0.5) is 0 Å². The molecule has 2 N–H and O–H groups in total. The van der Waals surface area contributed by atoms with Crippen molar-refractivity contribution in [1.82, 2.24) is 10.0 Å². The second-order valence-electron chi connectivity index (χ2n) is 4.87. The lowest BCUT2D eigenvalue weighted by atomic mass is 10.1. The summed E-state index contributed by atoms with van der Waals surface area (Å²) in [6.45, 7) is 4.18. The summed E-state index contributed by atoms with van der Waals surface area (Å²) in [4.78, 5) is 13.5. The monoisotopic (exact) mass is 416 g/mol. The van der Waals surface area contributed by atoms with Gasteiger partial charge in [0.05, 0.1) is 15.2 Å². The fraction of sp³-hybridized carbons (Fsp3) is 0.267. The molecule has 0 fully saturated rings. The highest BCUT2D eigenvalue weighted by Gasteiger charge is 2.17. The number of benzene rings is 1. The van der Waals surface area contributed by atoms with Crippen LogP contribution in [0.1, 0.15) is 27.7 Å². The maximum atomic E-state index is 12.3. The number of rotatable bonds is 6. The summed E-state index contributed by atoms with van der Waals surface area (Å²) in [5, 5.41) is 2.82. The van der Waals surface area contributed by atoms with Crippen molar-refractivity contribution in [3.63, 3.8) is 0 Å². The number of amides is 1. The number of sulfonamides is 1. The van der Waals surface area contributed by atoms with Crippen LogP contribution >= 0.6 is 27.3 Å². The maximum absolute atomic E-state index is 12.3. The first-order chi connectivity index (χ1) is 10.8. The largest absolute Gasteiger partial charge is 0.347 e. The number of thiophene rings is 1. The molecule has 0 atom stereocenters. The molecule has 1 aromatic heterocycles. The van der Waals surface area contributed by atoms with Crippen molar-refractivity contribution in [3.05, 3.63) is 50.1 Å². The summed E-state index contributed by atoms with van der Waals surface area (Å²) in [7, 11) is -3.58. The normalized spacial score (nSPS) is 11.4. The highest BCUT2D eigenvalue weighted by Crippen LogP contribution is 2.22. The molecule has 124 valence electrons. The SMILES string of the molecule is CCNS(=O)(=O)c1ccc(C)c(C(=O)NCc2ccc(Br)s2)c1. The lowest BCUT2D eigenvalue weighted by Crippen LogP contribution is -2.26. The Bertz CT molecular complexity index is 816. The molecular weight excluding hydrogens is 400 g/mol. The molecule has 0 radical (unpaired) electrons. The van der Waals surface area contributed by atoms with Crippen molar-refractivity contribution in [1.29, 1.82) is 0 Å². The molecule has 0 saturated heterocycles. The molecule has 0 spiro atoms. The van der Waals surface area contributed by atoms with Gasteiger partial charge < -0.3 is 5.32 Å². The predicted octanol–water partition coefficient (Wildman–Crippen LogP) is 3.05. The van der Waals surface area contributed by atoms with Gasteiger partial charge in [-0.2, -0.15) is 0 Å². The molecule has 2 rings (SSSR count). The second-order valence-corrected chi connectivity index (χ2v) is 9.18.